The van der Waals surface area contributed by atoms with Crippen molar-refractivity contribution in [1.29, 1.82) is 0 Å². The van der Waals surface area contributed by atoms with Gasteiger partial charge in [-0.2, -0.15) is 0 Å². The van der Waals surface area contributed by atoms with Crippen molar-refractivity contribution in [3.8, 4) is 27.9 Å². The van der Waals surface area contributed by atoms with E-state index >= 15 is 0 Å². The van der Waals surface area contributed by atoms with Crippen LogP contribution in [0.3, 0.4) is 0 Å². The van der Waals surface area contributed by atoms with E-state index in [1.165, 1.54) is 27.6 Å². The van der Waals surface area contributed by atoms with Gasteiger partial charge in [0, 0.05) is 34.1 Å². The van der Waals surface area contributed by atoms with Gasteiger partial charge in [0.05, 0.1) is 27.5 Å². The maximum atomic E-state index is 13.5. The summed E-state index contributed by atoms with van der Waals surface area (Å²) in [5.74, 6) is 0. The van der Waals surface area contributed by atoms with Crippen LogP contribution in [0.15, 0.2) is 131 Å². The quantitative estimate of drug-likeness (QED) is 0.200. The number of hydrogen-bond donors (Lipinski definition) is 0. The standard InChI is InChI=1S/C39H26N2O2/c1-39(2)31-12-6-3-10-25(31)27-20-28-30-22-40-18-17-34(30)41(35(28)21-32(27)39)33-13-7-4-9-24(33)23-15-16-37-29(19-23)38(42)26-11-5-8-14-36(26)43-37/h3-22H,1-2H3. The Bertz CT molecular complexity index is 2510. The van der Waals surface area contributed by atoms with E-state index in [1.807, 2.05) is 54.9 Å². The molecule has 0 radical (unpaired) electrons. The Morgan fingerprint density at radius 1 is 0.628 bits per heavy atom. The Balaban J connectivity index is 1.33. The molecule has 5 aromatic carbocycles. The van der Waals surface area contributed by atoms with Crippen LogP contribution >= 0.6 is 0 Å². The van der Waals surface area contributed by atoms with Crippen LogP contribution in [0.1, 0.15) is 25.0 Å². The highest BCUT2D eigenvalue weighted by Crippen LogP contribution is 2.51. The molecule has 43 heavy (non-hydrogen) atoms. The Morgan fingerprint density at radius 3 is 2.30 bits per heavy atom. The number of fused-ring (bicyclic) bond motifs is 8. The lowest BCUT2D eigenvalue weighted by Crippen LogP contribution is -2.15. The average molecular weight is 555 g/mol. The van der Waals surface area contributed by atoms with E-state index in [2.05, 4.69) is 90.1 Å². The van der Waals surface area contributed by atoms with Gasteiger partial charge in [-0.1, -0.05) is 74.5 Å². The van der Waals surface area contributed by atoms with Gasteiger partial charge < -0.3 is 8.98 Å². The highest BCUT2D eigenvalue weighted by atomic mass is 16.3. The van der Waals surface area contributed by atoms with Crippen LogP contribution in [0.2, 0.25) is 0 Å². The SMILES string of the molecule is CC1(C)c2ccccc2-c2cc3c4cnccc4n(-c4ccccc4-c4ccc5oc6ccccc6c(=O)c5c4)c3cc21. The van der Waals surface area contributed by atoms with Crippen molar-refractivity contribution in [3.05, 3.63) is 143 Å². The van der Waals surface area contributed by atoms with Gasteiger partial charge in [0.1, 0.15) is 11.2 Å². The monoisotopic (exact) mass is 554 g/mol. The van der Waals surface area contributed by atoms with Crippen molar-refractivity contribution >= 4 is 43.7 Å². The maximum absolute atomic E-state index is 13.5. The summed E-state index contributed by atoms with van der Waals surface area (Å²) >= 11 is 0. The fraction of sp³-hybridized carbons (Fsp3) is 0.0769. The molecule has 3 heterocycles. The molecule has 1 aliphatic carbocycles. The number of pyridine rings is 1. The third-order valence-corrected chi connectivity index (χ3v) is 9.30. The van der Waals surface area contributed by atoms with E-state index in [0.717, 1.165) is 33.2 Å². The van der Waals surface area contributed by atoms with Crippen molar-refractivity contribution in [2.24, 2.45) is 0 Å². The Morgan fingerprint density at radius 2 is 1.40 bits per heavy atom. The van der Waals surface area contributed by atoms with Gasteiger partial charge in [0.25, 0.3) is 0 Å². The van der Waals surface area contributed by atoms with Gasteiger partial charge in [-0.05, 0) is 76.3 Å². The van der Waals surface area contributed by atoms with Gasteiger partial charge in [-0.15, -0.1) is 0 Å². The summed E-state index contributed by atoms with van der Waals surface area (Å²) in [5, 5.41) is 3.46. The molecule has 0 fully saturated rings. The summed E-state index contributed by atoms with van der Waals surface area (Å²) in [6.07, 6.45) is 3.83. The largest absolute Gasteiger partial charge is 0.456 e. The number of nitrogens with zero attached hydrogens (tertiary/aromatic N) is 2. The molecule has 1 aliphatic rings. The second kappa shape index (κ2) is 8.52. The van der Waals surface area contributed by atoms with E-state index in [0.29, 0.717) is 21.9 Å². The lowest BCUT2D eigenvalue weighted by molar-refractivity contribution is 0.660. The van der Waals surface area contributed by atoms with E-state index in [-0.39, 0.29) is 10.8 Å². The lowest BCUT2D eigenvalue weighted by atomic mass is 9.82. The van der Waals surface area contributed by atoms with Crippen LogP contribution in [0.4, 0.5) is 0 Å². The van der Waals surface area contributed by atoms with Crippen LogP contribution in [0.25, 0.3) is 71.7 Å². The molecule has 0 unspecified atom stereocenters. The zero-order valence-corrected chi connectivity index (χ0v) is 23.8. The molecule has 0 saturated carbocycles. The molecular formula is C39H26N2O2. The van der Waals surface area contributed by atoms with Crippen molar-refractivity contribution < 1.29 is 4.42 Å². The molecule has 9 rings (SSSR count). The zero-order chi connectivity index (χ0) is 28.9. The molecule has 0 saturated heterocycles. The predicted molar refractivity (Wildman–Crippen MR) is 175 cm³/mol. The molecule has 3 aromatic heterocycles. The van der Waals surface area contributed by atoms with Crippen molar-refractivity contribution in [1.82, 2.24) is 9.55 Å². The van der Waals surface area contributed by atoms with Crippen LogP contribution in [-0.4, -0.2) is 9.55 Å². The number of para-hydroxylation sites is 2. The highest BCUT2D eigenvalue weighted by Gasteiger charge is 2.36. The first-order valence-electron chi connectivity index (χ1n) is 14.6. The fourth-order valence-electron chi connectivity index (χ4n) is 7.20. The Hall–Kier alpha value is -5.48. The van der Waals surface area contributed by atoms with E-state index in [1.54, 1.807) is 0 Å². The second-order valence-corrected chi connectivity index (χ2v) is 12.0. The zero-order valence-electron chi connectivity index (χ0n) is 23.8. The summed E-state index contributed by atoms with van der Waals surface area (Å²) in [4.78, 5) is 18.1. The molecule has 4 heteroatoms. The normalized spacial score (nSPS) is 13.6. The first-order valence-corrected chi connectivity index (χ1v) is 14.6. The van der Waals surface area contributed by atoms with Gasteiger partial charge in [0.2, 0.25) is 5.43 Å². The first kappa shape index (κ1) is 24.2. The van der Waals surface area contributed by atoms with E-state index in [9.17, 15) is 4.79 Å². The number of aromatic nitrogens is 2. The molecule has 0 N–H and O–H groups in total. The van der Waals surface area contributed by atoms with Gasteiger partial charge in [0.15, 0.2) is 0 Å². The summed E-state index contributed by atoms with van der Waals surface area (Å²) in [6, 6.07) is 37.4. The number of benzene rings is 5. The third kappa shape index (κ3) is 3.26. The lowest BCUT2D eigenvalue weighted by Gasteiger charge is -2.22. The topological polar surface area (TPSA) is 48.0 Å². The average Bonchev–Trinajstić information content (AvgIpc) is 3.48. The van der Waals surface area contributed by atoms with Crippen molar-refractivity contribution in [2.75, 3.05) is 0 Å². The Kier molecular flexibility index (Phi) is 4.79. The van der Waals surface area contributed by atoms with Crippen LogP contribution in [0.5, 0.6) is 0 Å². The van der Waals surface area contributed by atoms with Crippen LogP contribution in [0, 0.1) is 0 Å². The summed E-state index contributed by atoms with van der Waals surface area (Å²) in [7, 11) is 0. The summed E-state index contributed by atoms with van der Waals surface area (Å²) in [5.41, 5.74) is 11.6. The maximum Gasteiger partial charge on any atom is 0.200 e. The molecule has 0 spiro atoms. The van der Waals surface area contributed by atoms with Gasteiger partial charge in [-0.3, -0.25) is 9.78 Å². The second-order valence-electron chi connectivity index (χ2n) is 12.0. The molecule has 0 bridgehead atoms. The third-order valence-electron chi connectivity index (χ3n) is 9.30. The summed E-state index contributed by atoms with van der Waals surface area (Å²) in [6.45, 7) is 4.63. The van der Waals surface area contributed by atoms with E-state index in [4.69, 9.17) is 4.42 Å². The molecule has 4 nitrogen and oxygen atoms in total. The van der Waals surface area contributed by atoms with Crippen LogP contribution in [-0.2, 0) is 5.41 Å². The number of hydrogen-bond acceptors (Lipinski definition) is 3. The highest BCUT2D eigenvalue weighted by molar-refractivity contribution is 6.12. The van der Waals surface area contributed by atoms with Gasteiger partial charge in [-0.25, -0.2) is 0 Å². The molecule has 8 aromatic rings. The number of rotatable bonds is 2. The Labute approximate surface area is 247 Å². The minimum Gasteiger partial charge on any atom is -0.456 e. The molecular weight excluding hydrogens is 528 g/mol. The summed E-state index contributed by atoms with van der Waals surface area (Å²) < 4.78 is 8.47. The smallest absolute Gasteiger partial charge is 0.200 e. The minimum atomic E-state index is -0.117. The molecule has 0 aliphatic heterocycles. The van der Waals surface area contributed by atoms with Crippen molar-refractivity contribution in [3.63, 3.8) is 0 Å². The first-order chi connectivity index (χ1) is 21.0. The van der Waals surface area contributed by atoms with Crippen molar-refractivity contribution in [2.45, 2.75) is 19.3 Å². The van der Waals surface area contributed by atoms with E-state index < -0.39 is 0 Å². The van der Waals surface area contributed by atoms with Crippen LogP contribution < -0.4 is 5.43 Å². The minimum absolute atomic E-state index is 0.0171. The molecule has 0 amide bonds. The molecule has 0 atom stereocenters. The fourth-order valence-corrected chi connectivity index (χ4v) is 7.20. The predicted octanol–water partition coefficient (Wildman–Crippen LogP) is 9.41. The molecule has 204 valence electrons. The van der Waals surface area contributed by atoms with Gasteiger partial charge >= 0.3 is 0 Å².